The number of benzene rings is 1. The fourth-order valence-corrected chi connectivity index (χ4v) is 3.22. The van der Waals surface area contributed by atoms with Gasteiger partial charge in [-0.05, 0) is 30.7 Å². The minimum atomic E-state index is -0.264. The van der Waals surface area contributed by atoms with Crippen LogP contribution in [0, 0.1) is 5.92 Å². The molecule has 1 heterocycles. The topological polar surface area (TPSA) is 91.0 Å². The molecule has 0 bridgehead atoms. The highest BCUT2D eigenvalue weighted by atomic mass is 16.2. The van der Waals surface area contributed by atoms with Crippen LogP contribution in [0.15, 0.2) is 35.3 Å². The van der Waals surface area contributed by atoms with Gasteiger partial charge in [-0.15, -0.1) is 0 Å². The number of likely N-dealkylation sites (N-methyl/N-ethyl adjacent to an activating group) is 1. The zero-order valence-corrected chi connectivity index (χ0v) is 16.4. The molecule has 148 valence electrons. The Kier molecular flexibility index (Phi) is 8.10. The molecule has 27 heavy (non-hydrogen) atoms. The van der Waals surface area contributed by atoms with Crippen LogP contribution in [0.5, 0.6) is 0 Å². The smallest absolute Gasteiger partial charge is 0.243 e. The van der Waals surface area contributed by atoms with Gasteiger partial charge >= 0.3 is 0 Å². The zero-order valence-electron chi connectivity index (χ0n) is 16.4. The average Bonchev–Trinajstić information content (AvgIpc) is 2.64. The predicted octanol–water partition coefficient (Wildman–Crippen LogP) is 0.850. The van der Waals surface area contributed by atoms with Gasteiger partial charge in [-0.25, -0.2) is 4.99 Å². The third-order valence-corrected chi connectivity index (χ3v) is 4.71. The number of carbonyl (C=O) groups is 2. The number of rotatable bonds is 7. The molecule has 0 radical (unpaired) electrons. The summed E-state index contributed by atoms with van der Waals surface area (Å²) in [6, 6.07) is 10.2. The molecule has 0 spiro atoms. The number of likely N-dealkylation sites (tertiary alicyclic amines) is 1. The maximum absolute atomic E-state index is 11.9. The van der Waals surface area contributed by atoms with Crippen LogP contribution < -0.4 is 11.1 Å². The molecule has 7 heteroatoms. The maximum Gasteiger partial charge on any atom is 0.243 e. The first-order chi connectivity index (χ1) is 13.0. The molecule has 1 aromatic rings. The minimum absolute atomic E-state index is 0.0388. The lowest BCUT2D eigenvalue weighted by atomic mass is 9.95. The van der Waals surface area contributed by atoms with Gasteiger partial charge in [0.2, 0.25) is 11.8 Å². The number of hydrogen-bond acceptors (Lipinski definition) is 3. The van der Waals surface area contributed by atoms with E-state index in [4.69, 9.17) is 5.73 Å². The van der Waals surface area contributed by atoms with Gasteiger partial charge in [0.1, 0.15) is 6.54 Å². The van der Waals surface area contributed by atoms with Crippen LogP contribution in [0.4, 0.5) is 0 Å². The average molecular weight is 374 g/mol. The van der Waals surface area contributed by atoms with E-state index in [0.29, 0.717) is 6.42 Å². The Morgan fingerprint density at radius 3 is 2.70 bits per heavy atom. The molecule has 1 aliphatic heterocycles. The number of nitrogens with one attached hydrogen (secondary N) is 1. The van der Waals surface area contributed by atoms with Crippen LogP contribution in [0.1, 0.15) is 24.8 Å². The van der Waals surface area contributed by atoms with Crippen LogP contribution in [-0.4, -0.2) is 67.8 Å². The summed E-state index contributed by atoms with van der Waals surface area (Å²) < 4.78 is 0. The Morgan fingerprint density at radius 2 is 2.04 bits per heavy atom. The molecular weight excluding hydrogens is 342 g/mol. The summed E-state index contributed by atoms with van der Waals surface area (Å²) in [4.78, 5) is 31.4. The molecule has 1 aliphatic rings. The number of primary amides is 1. The van der Waals surface area contributed by atoms with Crippen molar-refractivity contribution in [3.8, 4) is 0 Å². The second-order valence-electron chi connectivity index (χ2n) is 7.22. The van der Waals surface area contributed by atoms with Gasteiger partial charge in [-0.3, -0.25) is 9.59 Å². The van der Waals surface area contributed by atoms with E-state index in [-0.39, 0.29) is 24.3 Å². The highest BCUT2D eigenvalue weighted by molar-refractivity contribution is 5.85. The quantitative estimate of drug-likeness (QED) is 0.548. The SMILES string of the molecule is CN(C)C(=O)CN=C(NCCc1ccccc1)N1CCCC(CC(N)=O)C1. The fraction of sp³-hybridized carbons (Fsp3) is 0.550. The molecule has 7 nitrogen and oxygen atoms in total. The van der Waals surface area contributed by atoms with Crippen LogP contribution in [0.3, 0.4) is 0 Å². The second-order valence-corrected chi connectivity index (χ2v) is 7.22. The lowest BCUT2D eigenvalue weighted by molar-refractivity contribution is -0.127. The van der Waals surface area contributed by atoms with E-state index in [0.717, 1.165) is 44.9 Å². The molecule has 0 aromatic heterocycles. The van der Waals surface area contributed by atoms with E-state index in [1.54, 1.807) is 14.1 Å². The van der Waals surface area contributed by atoms with Gasteiger partial charge in [-0.1, -0.05) is 30.3 Å². The van der Waals surface area contributed by atoms with Crippen LogP contribution in [-0.2, 0) is 16.0 Å². The maximum atomic E-state index is 11.9. The number of guanidine groups is 1. The number of carbonyl (C=O) groups excluding carboxylic acids is 2. The Labute approximate surface area is 161 Å². The summed E-state index contributed by atoms with van der Waals surface area (Å²) in [6.07, 6.45) is 3.25. The number of nitrogens with zero attached hydrogens (tertiary/aromatic N) is 3. The third kappa shape index (κ3) is 7.29. The highest BCUT2D eigenvalue weighted by Gasteiger charge is 2.23. The molecule has 0 saturated carbocycles. The number of aliphatic imine (C=N–C) groups is 1. The first-order valence-electron chi connectivity index (χ1n) is 9.51. The molecule has 3 N–H and O–H groups in total. The van der Waals surface area contributed by atoms with Gasteiger partial charge in [0.05, 0.1) is 0 Å². The van der Waals surface area contributed by atoms with Crippen molar-refractivity contribution in [2.24, 2.45) is 16.6 Å². The van der Waals surface area contributed by atoms with Gasteiger partial charge in [0, 0.05) is 40.2 Å². The molecule has 1 atom stereocenters. The van der Waals surface area contributed by atoms with Gasteiger partial charge in [0.25, 0.3) is 0 Å². The van der Waals surface area contributed by atoms with Crippen molar-refractivity contribution in [1.82, 2.24) is 15.1 Å². The van der Waals surface area contributed by atoms with Crippen molar-refractivity contribution in [3.63, 3.8) is 0 Å². The lowest BCUT2D eigenvalue weighted by Crippen LogP contribution is -2.48. The molecule has 0 aliphatic carbocycles. The monoisotopic (exact) mass is 373 g/mol. The van der Waals surface area contributed by atoms with Gasteiger partial charge < -0.3 is 20.9 Å². The highest BCUT2D eigenvalue weighted by Crippen LogP contribution is 2.19. The number of amides is 2. The standard InChI is InChI=1S/C20H31N5O2/c1-24(2)19(27)14-23-20(22-11-10-16-7-4-3-5-8-16)25-12-6-9-17(15-25)13-18(21)26/h3-5,7-8,17H,6,9-15H2,1-2H3,(H2,21,26)(H,22,23). The molecule has 1 aromatic carbocycles. The first-order valence-corrected chi connectivity index (χ1v) is 9.51. The predicted molar refractivity (Wildman–Crippen MR) is 107 cm³/mol. The first kappa shape index (κ1) is 20.7. The van der Waals surface area contributed by atoms with E-state index >= 15 is 0 Å². The van der Waals surface area contributed by atoms with Gasteiger partial charge in [0.15, 0.2) is 5.96 Å². The van der Waals surface area contributed by atoms with Crippen molar-refractivity contribution >= 4 is 17.8 Å². The largest absolute Gasteiger partial charge is 0.370 e. The van der Waals surface area contributed by atoms with Crippen molar-refractivity contribution in [3.05, 3.63) is 35.9 Å². The Hall–Kier alpha value is -2.57. The lowest BCUT2D eigenvalue weighted by Gasteiger charge is -2.34. The third-order valence-electron chi connectivity index (χ3n) is 4.71. The zero-order chi connectivity index (χ0) is 19.6. The molecule has 2 amide bonds. The minimum Gasteiger partial charge on any atom is -0.370 e. The number of piperidine rings is 1. The molecule has 1 fully saturated rings. The summed E-state index contributed by atoms with van der Waals surface area (Å²) in [6.45, 7) is 2.44. The van der Waals surface area contributed by atoms with E-state index in [1.165, 1.54) is 10.5 Å². The van der Waals surface area contributed by atoms with Crippen molar-refractivity contribution in [2.45, 2.75) is 25.7 Å². The summed E-state index contributed by atoms with van der Waals surface area (Å²) in [5, 5.41) is 3.40. The van der Waals surface area contributed by atoms with Crippen LogP contribution in [0.2, 0.25) is 0 Å². The Morgan fingerprint density at radius 1 is 1.30 bits per heavy atom. The number of nitrogens with two attached hydrogens (primary N) is 1. The second kappa shape index (κ2) is 10.5. The van der Waals surface area contributed by atoms with Crippen molar-refractivity contribution < 1.29 is 9.59 Å². The summed E-state index contributed by atoms with van der Waals surface area (Å²) in [7, 11) is 3.45. The summed E-state index contributed by atoms with van der Waals surface area (Å²) in [5.41, 5.74) is 6.62. The van der Waals surface area contributed by atoms with Gasteiger partial charge in [-0.2, -0.15) is 0 Å². The van der Waals surface area contributed by atoms with E-state index in [9.17, 15) is 9.59 Å². The Bertz CT molecular complexity index is 645. The van der Waals surface area contributed by atoms with E-state index < -0.39 is 0 Å². The normalized spacial score (nSPS) is 17.5. The number of hydrogen-bond donors (Lipinski definition) is 2. The summed E-state index contributed by atoms with van der Waals surface area (Å²) >= 11 is 0. The summed E-state index contributed by atoms with van der Waals surface area (Å²) in [5.74, 6) is 0.667. The molecule has 2 rings (SSSR count). The van der Waals surface area contributed by atoms with Crippen LogP contribution >= 0.6 is 0 Å². The van der Waals surface area contributed by atoms with Crippen LogP contribution in [0.25, 0.3) is 0 Å². The van der Waals surface area contributed by atoms with E-state index in [2.05, 4.69) is 27.3 Å². The van der Waals surface area contributed by atoms with E-state index in [1.807, 2.05) is 18.2 Å². The fourth-order valence-electron chi connectivity index (χ4n) is 3.22. The molecule has 1 saturated heterocycles. The molecule has 1 unspecified atom stereocenters. The van der Waals surface area contributed by atoms with Crippen molar-refractivity contribution in [2.75, 3.05) is 40.3 Å². The Balaban J connectivity index is 2.00. The molecular formula is C20H31N5O2. The van der Waals surface area contributed by atoms with Crippen molar-refractivity contribution in [1.29, 1.82) is 0 Å².